The minimum atomic E-state index is -0.960. The van der Waals surface area contributed by atoms with Gasteiger partial charge >= 0.3 is 5.97 Å². The Labute approximate surface area is 129 Å². The number of rotatable bonds is 6. The molecule has 1 N–H and O–H groups in total. The smallest absolute Gasteiger partial charge is 0.305 e. The number of carboxylic acids is 1. The van der Waals surface area contributed by atoms with Crippen LogP contribution in [0.25, 0.3) is 0 Å². The summed E-state index contributed by atoms with van der Waals surface area (Å²) in [5.74, 6) is -0.643. The maximum absolute atomic E-state index is 12.4. The van der Waals surface area contributed by atoms with Crippen LogP contribution in [0.4, 0.5) is 0 Å². The number of pyridine rings is 1. The molecule has 22 heavy (non-hydrogen) atoms. The molecule has 1 unspecified atom stereocenters. The standard InChI is InChI=1S/C16H20N2O4/c1-10-6-12(7-10)16(21)18(2)13(8-15(19)20)11-4-5-14(22-3)17-9-11/h4-5,9,12-13H,1,6-8H2,2-3H3,(H,19,20). The first-order valence-electron chi connectivity index (χ1n) is 7.07. The summed E-state index contributed by atoms with van der Waals surface area (Å²) < 4.78 is 5.00. The van der Waals surface area contributed by atoms with E-state index in [1.807, 2.05) is 0 Å². The van der Waals surface area contributed by atoms with E-state index in [2.05, 4.69) is 11.6 Å². The van der Waals surface area contributed by atoms with Crippen LogP contribution in [0.5, 0.6) is 5.88 Å². The minimum Gasteiger partial charge on any atom is -0.481 e. The Hall–Kier alpha value is -2.37. The minimum absolute atomic E-state index is 0.0468. The van der Waals surface area contributed by atoms with Gasteiger partial charge in [0.05, 0.1) is 19.6 Å². The third kappa shape index (κ3) is 3.44. The van der Waals surface area contributed by atoms with Crippen LogP contribution in [-0.2, 0) is 9.59 Å². The first kappa shape index (κ1) is 16.0. The van der Waals surface area contributed by atoms with E-state index in [0.717, 1.165) is 5.57 Å². The van der Waals surface area contributed by atoms with Gasteiger partial charge in [-0.25, -0.2) is 4.98 Å². The Bertz CT molecular complexity index is 574. The zero-order valence-corrected chi connectivity index (χ0v) is 12.8. The Balaban J connectivity index is 2.18. The number of carboxylic acid groups (broad SMARTS) is 1. The number of carbonyl (C=O) groups excluding carboxylic acids is 1. The molecule has 1 atom stereocenters. The van der Waals surface area contributed by atoms with Crippen molar-refractivity contribution in [3.8, 4) is 5.88 Å². The zero-order valence-electron chi connectivity index (χ0n) is 12.8. The van der Waals surface area contributed by atoms with Crippen molar-refractivity contribution in [1.82, 2.24) is 9.88 Å². The number of allylic oxidation sites excluding steroid dienone is 1. The second kappa shape index (κ2) is 6.60. The average Bonchev–Trinajstić information content (AvgIpc) is 2.48. The quantitative estimate of drug-likeness (QED) is 0.813. The number of aromatic nitrogens is 1. The van der Waals surface area contributed by atoms with Gasteiger partial charge < -0.3 is 14.7 Å². The molecule has 118 valence electrons. The Kier molecular flexibility index (Phi) is 4.80. The highest BCUT2D eigenvalue weighted by Gasteiger charge is 2.34. The molecule has 1 aromatic heterocycles. The molecular weight excluding hydrogens is 284 g/mol. The average molecular weight is 304 g/mol. The molecule has 1 saturated carbocycles. The van der Waals surface area contributed by atoms with Crippen molar-refractivity contribution in [3.05, 3.63) is 36.0 Å². The van der Waals surface area contributed by atoms with Crippen molar-refractivity contribution in [2.24, 2.45) is 5.92 Å². The topological polar surface area (TPSA) is 79.7 Å². The van der Waals surface area contributed by atoms with E-state index in [1.165, 1.54) is 12.0 Å². The molecule has 6 heteroatoms. The van der Waals surface area contributed by atoms with Crippen molar-refractivity contribution in [2.45, 2.75) is 25.3 Å². The SMILES string of the molecule is C=C1CC(C(=O)N(C)C(CC(=O)O)c2ccc(OC)nc2)C1. The van der Waals surface area contributed by atoms with Crippen molar-refractivity contribution >= 4 is 11.9 Å². The van der Waals surface area contributed by atoms with Crippen LogP contribution >= 0.6 is 0 Å². The van der Waals surface area contributed by atoms with E-state index in [4.69, 9.17) is 9.84 Å². The van der Waals surface area contributed by atoms with E-state index in [9.17, 15) is 9.59 Å². The number of hydrogen-bond acceptors (Lipinski definition) is 4. The Morgan fingerprint density at radius 2 is 2.18 bits per heavy atom. The predicted molar refractivity (Wildman–Crippen MR) is 80.4 cm³/mol. The van der Waals surface area contributed by atoms with Crippen molar-refractivity contribution in [3.63, 3.8) is 0 Å². The highest BCUT2D eigenvalue weighted by atomic mass is 16.5. The number of nitrogens with zero attached hydrogens (tertiary/aromatic N) is 2. The van der Waals surface area contributed by atoms with Gasteiger partial charge in [-0.2, -0.15) is 0 Å². The molecule has 2 rings (SSSR count). The molecule has 1 aliphatic carbocycles. The van der Waals surface area contributed by atoms with E-state index in [1.54, 1.807) is 25.4 Å². The highest BCUT2D eigenvalue weighted by Crippen LogP contribution is 2.35. The van der Waals surface area contributed by atoms with Crippen LogP contribution in [0, 0.1) is 5.92 Å². The summed E-state index contributed by atoms with van der Waals surface area (Å²) in [4.78, 5) is 29.2. The summed E-state index contributed by atoms with van der Waals surface area (Å²) in [7, 11) is 3.15. The normalized spacial score (nSPS) is 15.8. The fraction of sp³-hybridized carbons (Fsp3) is 0.438. The lowest BCUT2D eigenvalue weighted by molar-refractivity contribution is -0.142. The zero-order chi connectivity index (χ0) is 16.3. The van der Waals surface area contributed by atoms with Crippen LogP contribution in [-0.4, -0.2) is 41.0 Å². The molecule has 0 bridgehead atoms. The summed E-state index contributed by atoms with van der Waals surface area (Å²) in [5.41, 5.74) is 1.74. The number of ether oxygens (including phenoxy) is 1. The fourth-order valence-electron chi connectivity index (χ4n) is 2.61. The summed E-state index contributed by atoms with van der Waals surface area (Å²) in [6, 6.07) is 2.86. The predicted octanol–water partition coefficient (Wildman–Crippen LogP) is 2.03. The largest absolute Gasteiger partial charge is 0.481 e. The van der Waals surface area contributed by atoms with Gasteiger partial charge in [0.1, 0.15) is 0 Å². The van der Waals surface area contributed by atoms with Gasteiger partial charge in [-0.3, -0.25) is 9.59 Å². The highest BCUT2D eigenvalue weighted by molar-refractivity contribution is 5.81. The molecule has 0 spiro atoms. The molecule has 0 aromatic carbocycles. The van der Waals surface area contributed by atoms with E-state index in [-0.39, 0.29) is 18.2 Å². The molecular formula is C16H20N2O4. The lowest BCUT2D eigenvalue weighted by Gasteiger charge is -2.35. The summed E-state index contributed by atoms with van der Waals surface area (Å²) in [5, 5.41) is 9.13. The van der Waals surface area contributed by atoms with Crippen molar-refractivity contribution < 1.29 is 19.4 Å². The Morgan fingerprint density at radius 1 is 1.50 bits per heavy atom. The third-order valence-corrected chi connectivity index (χ3v) is 3.96. The van der Waals surface area contributed by atoms with Crippen LogP contribution in [0.1, 0.15) is 30.9 Å². The van der Waals surface area contributed by atoms with Gasteiger partial charge in [0.2, 0.25) is 11.8 Å². The van der Waals surface area contributed by atoms with E-state index in [0.29, 0.717) is 24.3 Å². The van der Waals surface area contributed by atoms with E-state index >= 15 is 0 Å². The fourth-order valence-corrected chi connectivity index (χ4v) is 2.61. The molecule has 0 aliphatic heterocycles. The number of hydrogen-bond donors (Lipinski definition) is 1. The second-order valence-corrected chi connectivity index (χ2v) is 5.55. The number of methoxy groups -OCH3 is 1. The van der Waals surface area contributed by atoms with Crippen LogP contribution in [0.3, 0.4) is 0 Å². The van der Waals surface area contributed by atoms with Gasteiger partial charge in [-0.1, -0.05) is 18.2 Å². The first-order chi connectivity index (χ1) is 10.4. The Morgan fingerprint density at radius 3 is 2.64 bits per heavy atom. The number of carbonyl (C=O) groups is 2. The second-order valence-electron chi connectivity index (χ2n) is 5.55. The molecule has 1 aliphatic rings. The van der Waals surface area contributed by atoms with Gasteiger partial charge in [0.15, 0.2) is 0 Å². The van der Waals surface area contributed by atoms with Crippen LogP contribution < -0.4 is 4.74 Å². The van der Waals surface area contributed by atoms with Crippen LogP contribution in [0.2, 0.25) is 0 Å². The molecule has 1 heterocycles. The third-order valence-electron chi connectivity index (χ3n) is 3.96. The number of amides is 1. The molecule has 1 aromatic rings. The number of aliphatic carboxylic acids is 1. The van der Waals surface area contributed by atoms with Gasteiger partial charge in [-0.15, -0.1) is 0 Å². The van der Waals surface area contributed by atoms with Gasteiger partial charge in [0.25, 0.3) is 0 Å². The van der Waals surface area contributed by atoms with Gasteiger partial charge in [0, 0.05) is 25.2 Å². The van der Waals surface area contributed by atoms with Crippen molar-refractivity contribution in [2.75, 3.05) is 14.2 Å². The maximum atomic E-state index is 12.4. The lowest BCUT2D eigenvalue weighted by Crippen LogP contribution is -2.40. The van der Waals surface area contributed by atoms with Crippen molar-refractivity contribution in [1.29, 1.82) is 0 Å². The summed E-state index contributed by atoms with van der Waals surface area (Å²) >= 11 is 0. The summed E-state index contributed by atoms with van der Waals surface area (Å²) in [6.07, 6.45) is 2.76. The van der Waals surface area contributed by atoms with Gasteiger partial charge in [-0.05, 0) is 18.4 Å². The lowest BCUT2D eigenvalue weighted by atomic mass is 9.80. The summed E-state index contributed by atoms with van der Waals surface area (Å²) in [6.45, 7) is 3.83. The molecule has 6 nitrogen and oxygen atoms in total. The van der Waals surface area contributed by atoms with E-state index < -0.39 is 12.0 Å². The molecule has 0 radical (unpaired) electrons. The maximum Gasteiger partial charge on any atom is 0.305 e. The molecule has 1 amide bonds. The van der Waals surface area contributed by atoms with Crippen LogP contribution in [0.15, 0.2) is 30.5 Å². The monoisotopic (exact) mass is 304 g/mol. The molecule has 0 saturated heterocycles. The molecule has 1 fully saturated rings. The first-order valence-corrected chi connectivity index (χ1v) is 7.07.